The van der Waals surface area contributed by atoms with E-state index in [9.17, 15) is 53.7 Å². The molecule has 15 N–H and O–H groups in total. The summed E-state index contributed by atoms with van der Waals surface area (Å²) in [7, 11) is 0. The van der Waals surface area contributed by atoms with E-state index in [4.69, 9.17) is 17.2 Å². The number of likely N-dealkylation sites (tertiary alicyclic amines) is 1. The molecule has 0 saturated carbocycles. The zero-order valence-electron chi connectivity index (χ0n) is 30.8. The summed E-state index contributed by atoms with van der Waals surface area (Å²) < 4.78 is 0. The molecule has 1 saturated heterocycles. The SMILES string of the molecule is CC[C@H](C)[C@@H]1NC(=O)CNC(=O)[C@H](N)Cc2c([nH]c3cc(O)cc(CO)c23)SCC(C(=O)N[C@@H](CC(N)=O)C(=O)N2C[C@H](O)C[C@H]2C(N)=O)NC(=O)CNC1=O. The molecule has 3 heterocycles. The van der Waals surface area contributed by atoms with Crippen LogP contribution in [-0.2, 0) is 51.4 Å². The summed E-state index contributed by atoms with van der Waals surface area (Å²) in [6.45, 7) is 1.46. The summed E-state index contributed by atoms with van der Waals surface area (Å²) in [6, 6.07) is -4.09. The van der Waals surface area contributed by atoms with Gasteiger partial charge in [-0.15, -0.1) is 11.8 Å². The number of thioether (sulfide) groups is 1. The first-order chi connectivity index (χ1) is 26.4. The molecule has 0 bridgehead atoms. The van der Waals surface area contributed by atoms with Gasteiger partial charge in [0.15, 0.2) is 0 Å². The molecular weight excluding hydrogens is 756 g/mol. The lowest BCUT2D eigenvalue weighted by molar-refractivity contribution is -0.142. The van der Waals surface area contributed by atoms with Gasteiger partial charge in [-0.1, -0.05) is 20.3 Å². The first kappa shape index (κ1) is 43.3. The van der Waals surface area contributed by atoms with Crippen molar-refractivity contribution in [3.8, 4) is 5.75 Å². The van der Waals surface area contributed by atoms with E-state index in [1.807, 2.05) is 0 Å². The van der Waals surface area contributed by atoms with Crippen LogP contribution in [0, 0.1) is 5.92 Å². The van der Waals surface area contributed by atoms with E-state index in [2.05, 4.69) is 31.6 Å². The Morgan fingerprint density at radius 1 is 1.04 bits per heavy atom. The Labute approximate surface area is 324 Å². The molecule has 1 aromatic heterocycles. The van der Waals surface area contributed by atoms with Gasteiger partial charge in [-0.25, -0.2) is 0 Å². The van der Waals surface area contributed by atoms with E-state index in [0.29, 0.717) is 27.9 Å². The second kappa shape index (κ2) is 18.9. The van der Waals surface area contributed by atoms with E-state index in [1.165, 1.54) is 12.1 Å². The van der Waals surface area contributed by atoms with Gasteiger partial charge in [0.05, 0.1) is 48.8 Å². The number of phenolic OH excluding ortho intramolecular Hbond substituents is 1. The summed E-state index contributed by atoms with van der Waals surface area (Å²) in [5, 5.41) is 43.7. The number of nitrogens with one attached hydrogen (secondary N) is 6. The highest BCUT2D eigenvalue weighted by Crippen LogP contribution is 2.35. The molecular formula is C34H48N10O11S. The van der Waals surface area contributed by atoms with E-state index in [-0.39, 0.29) is 36.5 Å². The fraction of sp³-hybridized carbons (Fsp3) is 0.529. The molecule has 8 amide bonds. The van der Waals surface area contributed by atoms with E-state index in [1.54, 1.807) is 13.8 Å². The highest BCUT2D eigenvalue weighted by Gasteiger charge is 2.41. The van der Waals surface area contributed by atoms with Crippen molar-refractivity contribution >= 4 is 69.9 Å². The Morgan fingerprint density at radius 3 is 2.32 bits per heavy atom. The molecule has 1 unspecified atom stereocenters. The normalized spacial score (nSPS) is 24.0. The molecule has 7 atom stereocenters. The molecule has 306 valence electrons. The second-order valence-corrected chi connectivity index (χ2v) is 14.8. The van der Waals surface area contributed by atoms with Crippen molar-refractivity contribution in [3.63, 3.8) is 0 Å². The van der Waals surface area contributed by atoms with Gasteiger partial charge in [0, 0.05) is 30.2 Å². The highest BCUT2D eigenvalue weighted by atomic mass is 32.2. The maximum Gasteiger partial charge on any atom is 0.246 e. The fourth-order valence-electron chi connectivity index (χ4n) is 6.50. The highest BCUT2D eigenvalue weighted by molar-refractivity contribution is 7.99. The van der Waals surface area contributed by atoms with Crippen LogP contribution in [0.3, 0.4) is 0 Å². The third-order valence-electron chi connectivity index (χ3n) is 9.57. The third-order valence-corrected chi connectivity index (χ3v) is 10.7. The molecule has 0 spiro atoms. The zero-order valence-corrected chi connectivity index (χ0v) is 31.6. The lowest BCUT2D eigenvalue weighted by Crippen LogP contribution is -2.58. The number of nitrogens with zero attached hydrogens (tertiary/aromatic N) is 1. The molecule has 0 aliphatic carbocycles. The lowest BCUT2D eigenvalue weighted by atomic mass is 9.98. The molecule has 21 nitrogen and oxygen atoms in total. The first-order valence-corrected chi connectivity index (χ1v) is 18.8. The van der Waals surface area contributed by atoms with Crippen LogP contribution in [0.15, 0.2) is 17.2 Å². The maximum atomic E-state index is 14.0. The number of amides is 8. The number of aliphatic hydroxyl groups is 2. The summed E-state index contributed by atoms with van der Waals surface area (Å²) >= 11 is 0.956. The topological polar surface area (TPSA) is 354 Å². The van der Waals surface area contributed by atoms with Gasteiger partial charge in [-0.05, 0) is 29.5 Å². The van der Waals surface area contributed by atoms with Crippen molar-refractivity contribution in [1.82, 2.24) is 36.5 Å². The predicted octanol–water partition coefficient (Wildman–Crippen LogP) is -4.60. The molecule has 1 fully saturated rings. The Balaban J connectivity index is 1.73. The van der Waals surface area contributed by atoms with Crippen molar-refractivity contribution in [2.45, 2.75) is 87.5 Å². The van der Waals surface area contributed by atoms with Crippen molar-refractivity contribution in [1.29, 1.82) is 0 Å². The van der Waals surface area contributed by atoms with Gasteiger partial charge in [0.25, 0.3) is 0 Å². The Hall–Kier alpha value is -5.45. The number of hydrogen-bond donors (Lipinski definition) is 12. The van der Waals surface area contributed by atoms with Crippen LogP contribution in [0.4, 0.5) is 0 Å². The second-order valence-electron chi connectivity index (χ2n) is 13.8. The number of nitrogens with two attached hydrogens (primary N) is 3. The minimum absolute atomic E-state index is 0.172. The molecule has 4 rings (SSSR count). The number of aliphatic hydroxyl groups excluding tert-OH is 2. The average molecular weight is 805 g/mol. The number of carbonyl (C=O) groups excluding carboxylic acids is 8. The van der Waals surface area contributed by atoms with Gasteiger partial charge in [-0.3, -0.25) is 38.4 Å². The number of rotatable bonds is 9. The minimum Gasteiger partial charge on any atom is -0.508 e. The van der Waals surface area contributed by atoms with Crippen molar-refractivity contribution < 1.29 is 53.7 Å². The van der Waals surface area contributed by atoms with E-state index >= 15 is 0 Å². The average Bonchev–Trinajstić information content (AvgIpc) is 3.71. The summed E-state index contributed by atoms with van der Waals surface area (Å²) in [4.78, 5) is 108. The number of aromatic amines is 1. The molecule has 1 aromatic carbocycles. The largest absolute Gasteiger partial charge is 0.508 e. The molecule has 2 aromatic rings. The number of hydrogen-bond acceptors (Lipinski definition) is 13. The lowest BCUT2D eigenvalue weighted by Gasteiger charge is -2.28. The number of β-amino-alcohol motifs (C(OH)–C–C–N with tert-alkyl or cyclic N) is 1. The zero-order chi connectivity index (χ0) is 41.4. The van der Waals surface area contributed by atoms with E-state index < -0.39 is 116 Å². The van der Waals surface area contributed by atoms with Crippen LogP contribution in [0.1, 0.15) is 44.2 Å². The number of benzene rings is 1. The van der Waals surface area contributed by atoms with Gasteiger partial charge in [0.1, 0.15) is 29.9 Å². The van der Waals surface area contributed by atoms with Gasteiger partial charge in [0.2, 0.25) is 47.3 Å². The molecule has 2 aliphatic heterocycles. The fourth-order valence-corrected chi connectivity index (χ4v) is 7.61. The number of fused-ring (bicyclic) bond motifs is 3. The number of H-pyrrole nitrogens is 1. The molecule has 56 heavy (non-hydrogen) atoms. The Kier molecular flexibility index (Phi) is 14.6. The number of primary amides is 2. The quantitative estimate of drug-likeness (QED) is 0.114. The number of carbonyl (C=O) groups is 8. The third kappa shape index (κ3) is 10.6. The van der Waals surface area contributed by atoms with Crippen LogP contribution < -0.4 is 43.8 Å². The van der Waals surface area contributed by atoms with Crippen molar-refractivity contribution in [2.24, 2.45) is 23.1 Å². The van der Waals surface area contributed by atoms with Gasteiger partial charge < -0.3 is 69.0 Å². The number of phenols is 1. The molecule has 2 aliphatic rings. The Morgan fingerprint density at radius 2 is 1.70 bits per heavy atom. The minimum atomic E-state index is -1.66. The van der Waals surface area contributed by atoms with Crippen LogP contribution in [0.25, 0.3) is 10.9 Å². The van der Waals surface area contributed by atoms with Crippen molar-refractivity contribution in [3.05, 3.63) is 23.3 Å². The van der Waals surface area contributed by atoms with Crippen molar-refractivity contribution in [2.75, 3.05) is 25.4 Å². The van der Waals surface area contributed by atoms with E-state index in [0.717, 1.165) is 16.7 Å². The monoisotopic (exact) mass is 804 g/mol. The molecule has 0 radical (unpaired) electrons. The van der Waals surface area contributed by atoms with Gasteiger partial charge in [-0.2, -0.15) is 0 Å². The number of aromatic nitrogens is 1. The number of aromatic hydroxyl groups is 1. The van der Waals surface area contributed by atoms with Gasteiger partial charge >= 0.3 is 0 Å². The van der Waals surface area contributed by atoms with Crippen LogP contribution in [-0.4, -0.2) is 134 Å². The first-order valence-electron chi connectivity index (χ1n) is 17.8. The summed E-state index contributed by atoms with van der Waals surface area (Å²) in [6.07, 6.45) is -1.74. The van der Waals surface area contributed by atoms with Crippen LogP contribution in [0.5, 0.6) is 5.75 Å². The summed E-state index contributed by atoms with van der Waals surface area (Å²) in [5.74, 6) is -7.77. The Bertz CT molecular complexity index is 1870. The van der Waals surface area contributed by atoms with Crippen LogP contribution in [0.2, 0.25) is 0 Å². The smallest absolute Gasteiger partial charge is 0.246 e. The van der Waals surface area contributed by atoms with Crippen LogP contribution >= 0.6 is 11.8 Å². The predicted molar refractivity (Wildman–Crippen MR) is 199 cm³/mol. The maximum absolute atomic E-state index is 14.0. The summed E-state index contributed by atoms with van der Waals surface area (Å²) in [5.41, 5.74) is 18.1. The molecule has 22 heteroatoms. The standard InChI is InChI=1S/C34H48N10O11S/c1-3-14(2)28-32(54)39-9-25(49)40-22(31(53)41-21(8-24(36)48)34(55)44-11-17(47)6-23(44)29(37)51)13-56-33-18(7-19(35)30(52)38-10-26(50)43-28)27-15(12-45)4-16(46)5-20(27)42-33/h4-5,14,17,19,21-23,28,42,45-47H,3,6-13,35H2,1-2H3,(H2,36,48)(H2,37,51)(H,38,52)(H,39,54)(H,40,49)(H,41,53)(H,43,50)/t14-,17+,19+,21-,22?,23-,28-/m0/s1.